The van der Waals surface area contributed by atoms with Crippen LogP contribution in [0.2, 0.25) is 10.0 Å². The van der Waals surface area contributed by atoms with Crippen molar-refractivity contribution >= 4 is 50.7 Å². The smallest absolute Gasteiger partial charge is 0.244 e. The largest absolute Gasteiger partial charge is 0.355 e. The number of halogens is 3. The number of hydrogen-bond acceptors (Lipinski definition) is 4. The predicted molar refractivity (Wildman–Crippen MR) is 124 cm³/mol. The lowest BCUT2D eigenvalue weighted by molar-refractivity contribution is -0.139. The molecule has 2 aromatic carbocycles. The van der Waals surface area contributed by atoms with Crippen molar-refractivity contribution in [3.05, 3.63) is 63.9 Å². The first kappa shape index (κ1) is 25.9. The van der Waals surface area contributed by atoms with E-state index in [9.17, 15) is 22.4 Å². The summed E-state index contributed by atoms with van der Waals surface area (Å²) in [5.74, 6) is -1.90. The van der Waals surface area contributed by atoms with Crippen LogP contribution in [0.5, 0.6) is 0 Å². The molecule has 0 heterocycles. The van der Waals surface area contributed by atoms with Gasteiger partial charge in [0.2, 0.25) is 21.8 Å². The zero-order valence-corrected chi connectivity index (χ0v) is 20.1. The van der Waals surface area contributed by atoms with E-state index < -0.39 is 40.2 Å². The lowest BCUT2D eigenvalue weighted by Crippen LogP contribution is -2.51. The molecule has 32 heavy (non-hydrogen) atoms. The van der Waals surface area contributed by atoms with Crippen molar-refractivity contribution in [3.8, 4) is 0 Å². The minimum absolute atomic E-state index is 0.0388. The van der Waals surface area contributed by atoms with Crippen LogP contribution in [0, 0.1) is 5.82 Å². The first-order chi connectivity index (χ1) is 15.0. The molecule has 0 saturated carbocycles. The van der Waals surface area contributed by atoms with E-state index in [2.05, 4.69) is 5.32 Å². The van der Waals surface area contributed by atoms with Crippen molar-refractivity contribution in [1.29, 1.82) is 0 Å². The van der Waals surface area contributed by atoms with Gasteiger partial charge < -0.3 is 10.2 Å². The number of nitrogens with one attached hydrogen (secondary N) is 1. The highest BCUT2D eigenvalue weighted by Crippen LogP contribution is 2.25. The van der Waals surface area contributed by atoms with Crippen LogP contribution in [-0.4, -0.2) is 50.5 Å². The molecule has 0 radical (unpaired) electrons. The number of amides is 2. The van der Waals surface area contributed by atoms with Crippen LogP contribution in [0.25, 0.3) is 0 Å². The topological polar surface area (TPSA) is 86.8 Å². The molecule has 174 valence electrons. The number of likely N-dealkylation sites (N-methyl/N-ethyl adjacent to an activating group) is 1. The molecule has 0 saturated heterocycles. The molecular weight excluding hydrogens is 480 g/mol. The Bertz CT molecular complexity index is 1100. The van der Waals surface area contributed by atoms with Gasteiger partial charge in [0.05, 0.1) is 22.0 Å². The fourth-order valence-corrected chi connectivity index (χ4v) is 4.16. The summed E-state index contributed by atoms with van der Waals surface area (Å²) in [5, 5.41) is 3.24. The van der Waals surface area contributed by atoms with Gasteiger partial charge in [0.25, 0.3) is 0 Å². The monoisotopic (exact) mass is 503 g/mol. The number of carbonyl (C=O) groups is 2. The van der Waals surface area contributed by atoms with E-state index in [1.165, 1.54) is 30.0 Å². The summed E-state index contributed by atoms with van der Waals surface area (Å²) >= 11 is 12.0. The number of carbonyl (C=O) groups excluding carboxylic acids is 2. The molecule has 11 heteroatoms. The number of hydrogen-bond donors (Lipinski definition) is 1. The Morgan fingerprint density at radius 2 is 1.78 bits per heavy atom. The summed E-state index contributed by atoms with van der Waals surface area (Å²) < 4.78 is 39.7. The maximum Gasteiger partial charge on any atom is 0.244 e. The Morgan fingerprint density at radius 3 is 2.34 bits per heavy atom. The quantitative estimate of drug-likeness (QED) is 0.567. The van der Waals surface area contributed by atoms with E-state index >= 15 is 0 Å². The van der Waals surface area contributed by atoms with Gasteiger partial charge in [0.1, 0.15) is 18.4 Å². The first-order valence-corrected chi connectivity index (χ1v) is 12.3. The van der Waals surface area contributed by atoms with Gasteiger partial charge in [-0.1, -0.05) is 41.4 Å². The highest BCUT2D eigenvalue weighted by Gasteiger charge is 2.30. The predicted octanol–water partition coefficient (Wildman–Crippen LogP) is 3.45. The van der Waals surface area contributed by atoms with Gasteiger partial charge in [0.15, 0.2) is 0 Å². The maximum atomic E-state index is 14.3. The molecule has 1 N–H and O–H groups in total. The molecule has 0 unspecified atom stereocenters. The summed E-state index contributed by atoms with van der Waals surface area (Å²) in [7, 11) is -4.00. The molecule has 7 nitrogen and oxygen atoms in total. The van der Waals surface area contributed by atoms with Gasteiger partial charge in [-0.15, -0.1) is 0 Å². The molecular formula is C21H24Cl2FN3O4S. The normalized spacial score (nSPS) is 12.2. The summed E-state index contributed by atoms with van der Waals surface area (Å²) in [4.78, 5) is 26.9. The molecule has 0 aliphatic carbocycles. The number of anilines is 1. The van der Waals surface area contributed by atoms with Crippen molar-refractivity contribution in [2.24, 2.45) is 0 Å². The van der Waals surface area contributed by atoms with Gasteiger partial charge in [0, 0.05) is 13.1 Å². The average molecular weight is 504 g/mol. The summed E-state index contributed by atoms with van der Waals surface area (Å²) in [6.45, 7) is 2.88. The third-order valence-corrected chi connectivity index (χ3v) is 6.52. The second-order valence-corrected chi connectivity index (χ2v) is 9.78. The number of nitrogens with zero attached hydrogens (tertiary/aromatic N) is 2. The molecule has 2 amide bonds. The Balaban J connectivity index is 2.41. The van der Waals surface area contributed by atoms with Gasteiger partial charge in [-0.3, -0.25) is 13.9 Å². The van der Waals surface area contributed by atoms with Gasteiger partial charge in [-0.05, 0) is 43.7 Å². The zero-order chi connectivity index (χ0) is 24.1. The number of sulfonamides is 1. The number of benzene rings is 2. The van der Waals surface area contributed by atoms with Crippen molar-refractivity contribution in [2.45, 2.75) is 26.4 Å². The molecule has 2 rings (SSSR count). The van der Waals surface area contributed by atoms with Crippen LogP contribution in [-0.2, 0) is 26.2 Å². The standard InChI is InChI=1S/C21H24Cl2FN3O4S/c1-4-25-21(29)14(2)26(12-15-9-10-16(22)17(23)11-15)20(28)13-27(32(3,30)31)19-8-6-5-7-18(19)24/h5-11,14H,4,12-13H2,1-3H3,(H,25,29)/t14-/m1/s1. The third-order valence-electron chi connectivity index (χ3n) is 4.66. The Labute approximate surface area is 197 Å². The highest BCUT2D eigenvalue weighted by molar-refractivity contribution is 7.92. The van der Waals surface area contributed by atoms with E-state index in [0.717, 1.165) is 12.3 Å². The van der Waals surface area contributed by atoms with Crippen LogP contribution >= 0.6 is 23.2 Å². The first-order valence-electron chi connectivity index (χ1n) is 9.69. The van der Waals surface area contributed by atoms with Crippen LogP contribution < -0.4 is 9.62 Å². The summed E-state index contributed by atoms with van der Waals surface area (Å²) in [6, 6.07) is 9.06. The van der Waals surface area contributed by atoms with Gasteiger partial charge >= 0.3 is 0 Å². The fraction of sp³-hybridized carbons (Fsp3) is 0.333. The zero-order valence-electron chi connectivity index (χ0n) is 17.8. The van der Waals surface area contributed by atoms with Crippen molar-refractivity contribution in [1.82, 2.24) is 10.2 Å². The van der Waals surface area contributed by atoms with E-state index in [4.69, 9.17) is 23.2 Å². The average Bonchev–Trinajstić information content (AvgIpc) is 2.72. The van der Waals surface area contributed by atoms with E-state index in [-0.39, 0.29) is 17.3 Å². The number of rotatable bonds is 9. The molecule has 0 spiro atoms. The van der Waals surface area contributed by atoms with E-state index in [0.29, 0.717) is 21.4 Å². The second kappa shape index (κ2) is 11.0. The van der Waals surface area contributed by atoms with Crippen LogP contribution in [0.4, 0.5) is 10.1 Å². The molecule has 2 aromatic rings. The van der Waals surface area contributed by atoms with Crippen LogP contribution in [0.15, 0.2) is 42.5 Å². The van der Waals surface area contributed by atoms with Crippen LogP contribution in [0.1, 0.15) is 19.4 Å². The SMILES string of the molecule is CCNC(=O)[C@@H](C)N(Cc1ccc(Cl)c(Cl)c1)C(=O)CN(c1ccccc1F)S(C)(=O)=O. The van der Waals surface area contributed by atoms with E-state index in [1.807, 2.05) is 0 Å². The lowest BCUT2D eigenvalue weighted by atomic mass is 10.1. The molecule has 0 bridgehead atoms. The van der Waals surface area contributed by atoms with Crippen molar-refractivity contribution in [2.75, 3.05) is 23.7 Å². The Morgan fingerprint density at radius 1 is 1.12 bits per heavy atom. The lowest BCUT2D eigenvalue weighted by Gasteiger charge is -2.31. The minimum atomic E-state index is -4.00. The molecule has 1 atom stereocenters. The molecule has 0 fully saturated rings. The van der Waals surface area contributed by atoms with Crippen molar-refractivity contribution in [3.63, 3.8) is 0 Å². The molecule has 0 aliphatic rings. The van der Waals surface area contributed by atoms with Crippen molar-refractivity contribution < 1.29 is 22.4 Å². The Kier molecular flexibility index (Phi) is 8.89. The Hall–Kier alpha value is -2.36. The number of para-hydroxylation sites is 1. The fourth-order valence-electron chi connectivity index (χ4n) is 2.99. The van der Waals surface area contributed by atoms with Gasteiger partial charge in [-0.2, -0.15) is 0 Å². The van der Waals surface area contributed by atoms with E-state index in [1.54, 1.807) is 25.1 Å². The maximum absolute atomic E-state index is 14.3. The minimum Gasteiger partial charge on any atom is -0.355 e. The third kappa shape index (κ3) is 6.57. The summed E-state index contributed by atoms with van der Waals surface area (Å²) in [6.07, 6.45) is 0.878. The second-order valence-electron chi connectivity index (χ2n) is 7.06. The molecule has 0 aliphatic heterocycles. The highest BCUT2D eigenvalue weighted by atomic mass is 35.5. The van der Waals surface area contributed by atoms with Crippen LogP contribution in [0.3, 0.4) is 0 Å². The van der Waals surface area contributed by atoms with Gasteiger partial charge in [-0.25, -0.2) is 12.8 Å². The summed E-state index contributed by atoms with van der Waals surface area (Å²) in [5.41, 5.74) is 0.323. The molecule has 0 aromatic heterocycles.